The Morgan fingerprint density at radius 2 is 2.05 bits per heavy atom. The predicted octanol–water partition coefficient (Wildman–Crippen LogP) is 1.06. The van der Waals surface area contributed by atoms with Crippen LogP contribution in [0.3, 0.4) is 0 Å². The second-order valence-corrected chi connectivity index (χ2v) is 4.92. The molecule has 0 saturated carbocycles. The van der Waals surface area contributed by atoms with Gasteiger partial charge in [0.2, 0.25) is 5.91 Å². The molecule has 1 aromatic heterocycles. The summed E-state index contributed by atoms with van der Waals surface area (Å²) < 4.78 is 0. The average Bonchev–Trinajstić information content (AvgIpc) is 2.38. The topological polar surface area (TPSA) is 84.1 Å². The number of nitrogens with zero attached hydrogens (tertiary/aromatic N) is 3. The van der Waals surface area contributed by atoms with Crippen molar-refractivity contribution in [2.75, 3.05) is 31.3 Å². The third-order valence-corrected chi connectivity index (χ3v) is 3.01. The van der Waals surface area contributed by atoms with Crippen LogP contribution >= 0.6 is 0 Å². The van der Waals surface area contributed by atoms with Gasteiger partial charge in [0.05, 0.1) is 0 Å². The summed E-state index contributed by atoms with van der Waals surface area (Å²) >= 11 is 0. The van der Waals surface area contributed by atoms with Crippen molar-refractivity contribution in [3.63, 3.8) is 0 Å². The third kappa shape index (κ3) is 3.81. The van der Waals surface area contributed by atoms with E-state index in [1.165, 1.54) is 0 Å². The van der Waals surface area contributed by atoms with Gasteiger partial charge in [-0.1, -0.05) is 13.8 Å². The molecule has 19 heavy (non-hydrogen) atoms. The SMILES string of the molecule is CNC(=O)CCN(C)c1nc(C(C)C)nc(N)c1C. The summed E-state index contributed by atoms with van der Waals surface area (Å²) in [6.07, 6.45) is 0.424. The molecule has 1 aromatic rings. The van der Waals surface area contributed by atoms with Crippen LogP contribution in [0, 0.1) is 6.92 Å². The van der Waals surface area contributed by atoms with Crippen molar-refractivity contribution in [2.24, 2.45) is 0 Å². The smallest absolute Gasteiger partial charge is 0.221 e. The molecule has 0 aromatic carbocycles. The summed E-state index contributed by atoms with van der Waals surface area (Å²) in [5.74, 6) is 2.25. The number of hydrogen-bond acceptors (Lipinski definition) is 5. The van der Waals surface area contributed by atoms with Gasteiger partial charge in [-0.2, -0.15) is 0 Å². The van der Waals surface area contributed by atoms with E-state index in [2.05, 4.69) is 15.3 Å². The predicted molar refractivity (Wildman–Crippen MR) is 77.2 cm³/mol. The molecule has 106 valence electrons. The summed E-state index contributed by atoms with van der Waals surface area (Å²) in [7, 11) is 3.54. The van der Waals surface area contributed by atoms with E-state index in [1.54, 1.807) is 7.05 Å². The van der Waals surface area contributed by atoms with Gasteiger partial charge in [-0.05, 0) is 6.92 Å². The van der Waals surface area contributed by atoms with Crippen LogP contribution in [0.25, 0.3) is 0 Å². The molecule has 0 aliphatic carbocycles. The number of hydrogen-bond donors (Lipinski definition) is 2. The summed E-state index contributed by atoms with van der Waals surface area (Å²) in [5.41, 5.74) is 6.77. The zero-order chi connectivity index (χ0) is 14.6. The van der Waals surface area contributed by atoms with Gasteiger partial charge in [0, 0.05) is 38.5 Å². The van der Waals surface area contributed by atoms with Crippen LogP contribution in [0.4, 0.5) is 11.6 Å². The maximum Gasteiger partial charge on any atom is 0.221 e. The van der Waals surface area contributed by atoms with Crippen LogP contribution in [0.15, 0.2) is 0 Å². The first kappa shape index (κ1) is 15.2. The van der Waals surface area contributed by atoms with Gasteiger partial charge in [0.15, 0.2) is 0 Å². The van der Waals surface area contributed by atoms with Gasteiger partial charge >= 0.3 is 0 Å². The Kier molecular flexibility index (Phi) is 5.09. The van der Waals surface area contributed by atoms with E-state index >= 15 is 0 Å². The number of nitrogens with one attached hydrogen (secondary N) is 1. The van der Waals surface area contributed by atoms with Gasteiger partial charge in [0.1, 0.15) is 17.5 Å². The third-order valence-electron chi connectivity index (χ3n) is 3.01. The second-order valence-electron chi connectivity index (χ2n) is 4.92. The van der Waals surface area contributed by atoms with Gasteiger partial charge in [0.25, 0.3) is 0 Å². The van der Waals surface area contributed by atoms with Crippen molar-refractivity contribution in [2.45, 2.75) is 33.1 Å². The maximum absolute atomic E-state index is 11.3. The molecule has 0 fully saturated rings. The lowest BCUT2D eigenvalue weighted by atomic mass is 10.2. The van der Waals surface area contributed by atoms with Crippen molar-refractivity contribution >= 4 is 17.5 Å². The van der Waals surface area contributed by atoms with Gasteiger partial charge in [-0.3, -0.25) is 4.79 Å². The molecule has 6 nitrogen and oxygen atoms in total. The number of anilines is 2. The fraction of sp³-hybridized carbons (Fsp3) is 0.615. The number of aromatic nitrogens is 2. The minimum Gasteiger partial charge on any atom is -0.383 e. The molecule has 0 bridgehead atoms. The molecule has 0 spiro atoms. The molecule has 1 heterocycles. The molecule has 1 amide bonds. The van der Waals surface area contributed by atoms with Crippen molar-refractivity contribution in [3.8, 4) is 0 Å². The maximum atomic E-state index is 11.3. The standard InChI is InChI=1S/C13H23N5O/c1-8(2)12-16-11(14)9(3)13(17-12)18(5)7-6-10(19)15-4/h8H,6-7H2,1-5H3,(H,15,19)(H2,14,16,17). The molecule has 0 radical (unpaired) electrons. The Morgan fingerprint density at radius 3 is 2.58 bits per heavy atom. The van der Waals surface area contributed by atoms with E-state index in [4.69, 9.17) is 5.73 Å². The van der Waals surface area contributed by atoms with Crippen LogP contribution < -0.4 is 16.0 Å². The first-order valence-corrected chi connectivity index (χ1v) is 6.42. The number of nitrogen functional groups attached to an aromatic ring is 1. The van der Waals surface area contributed by atoms with Crippen molar-refractivity contribution in [1.29, 1.82) is 0 Å². The lowest BCUT2D eigenvalue weighted by molar-refractivity contribution is -0.120. The molecule has 6 heteroatoms. The molecule has 0 saturated heterocycles. The molecule has 0 aliphatic heterocycles. The van der Waals surface area contributed by atoms with E-state index in [-0.39, 0.29) is 11.8 Å². The number of nitrogens with two attached hydrogens (primary N) is 1. The Balaban J connectivity index is 2.95. The zero-order valence-electron chi connectivity index (χ0n) is 12.3. The van der Waals surface area contributed by atoms with Crippen LogP contribution in [0.1, 0.15) is 37.6 Å². The quantitative estimate of drug-likeness (QED) is 0.831. The van der Waals surface area contributed by atoms with E-state index in [0.29, 0.717) is 18.8 Å². The molecule has 0 atom stereocenters. The number of carbonyl (C=O) groups excluding carboxylic acids is 1. The van der Waals surface area contributed by atoms with Crippen LogP contribution in [0.5, 0.6) is 0 Å². The van der Waals surface area contributed by atoms with Gasteiger partial charge in [-0.15, -0.1) is 0 Å². The highest BCUT2D eigenvalue weighted by atomic mass is 16.1. The normalized spacial score (nSPS) is 10.6. The molecule has 0 aliphatic rings. The lowest BCUT2D eigenvalue weighted by Crippen LogP contribution is -2.28. The summed E-state index contributed by atoms with van der Waals surface area (Å²) in [6.45, 7) is 6.54. The fourth-order valence-corrected chi connectivity index (χ4v) is 1.67. The first-order valence-electron chi connectivity index (χ1n) is 6.42. The second kappa shape index (κ2) is 6.36. The number of amides is 1. The summed E-state index contributed by atoms with van der Waals surface area (Å²) in [6, 6.07) is 0. The molecule has 3 N–H and O–H groups in total. The van der Waals surface area contributed by atoms with E-state index in [0.717, 1.165) is 17.2 Å². The highest BCUT2D eigenvalue weighted by Gasteiger charge is 2.14. The Labute approximate surface area is 114 Å². The van der Waals surface area contributed by atoms with Crippen LogP contribution in [-0.4, -0.2) is 36.5 Å². The van der Waals surface area contributed by atoms with Crippen LogP contribution in [0.2, 0.25) is 0 Å². The van der Waals surface area contributed by atoms with Crippen molar-refractivity contribution in [1.82, 2.24) is 15.3 Å². The molecule has 1 rings (SSSR count). The van der Waals surface area contributed by atoms with Crippen molar-refractivity contribution in [3.05, 3.63) is 11.4 Å². The lowest BCUT2D eigenvalue weighted by Gasteiger charge is -2.21. The van der Waals surface area contributed by atoms with Gasteiger partial charge in [-0.25, -0.2) is 9.97 Å². The van der Waals surface area contributed by atoms with E-state index < -0.39 is 0 Å². The summed E-state index contributed by atoms with van der Waals surface area (Å²) in [5, 5.41) is 2.60. The first-order chi connectivity index (χ1) is 8.86. The minimum absolute atomic E-state index is 0.00983. The van der Waals surface area contributed by atoms with Gasteiger partial charge < -0.3 is 16.0 Å². The number of carbonyl (C=O) groups is 1. The highest BCUT2D eigenvalue weighted by Crippen LogP contribution is 2.23. The summed E-state index contributed by atoms with van der Waals surface area (Å²) in [4.78, 5) is 22.0. The molecular formula is C13H23N5O. The molecule has 0 unspecified atom stereocenters. The molecular weight excluding hydrogens is 242 g/mol. The van der Waals surface area contributed by atoms with E-state index in [1.807, 2.05) is 32.7 Å². The Bertz CT molecular complexity index is 459. The Hall–Kier alpha value is -1.85. The Morgan fingerprint density at radius 1 is 1.42 bits per heavy atom. The average molecular weight is 265 g/mol. The number of rotatable bonds is 5. The minimum atomic E-state index is 0.00983. The highest BCUT2D eigenvalue weighted by molar-refractivity contribution is 5.76. The van der Waals surface area contributed by atoms with Crippen molar-refractivity contribution < 1.29 is 4.79 Å². The fourth-order valence-electron chi connectivity index (χ4n) is 1.67. The largest absolute Gasteiger partial charge is 0.383 e. The van der Waals surface area contributed by atoms with Crippen LogP contribution in [-0.2, 0) is 4.79 Å². The van der Waals surface area contributed by atoms with E-state index in [9.17, 15) is 4.79 Å². The monoisotopic (exact) mass is 265 g/mol. The zero-order valence-corrected chi connectivity index (χ0v) is 12.3.